The molecule has 0 aliphatic carbocycles. The average Bonchev–Trinajstić information content (AvgIpc) is 2.74. The average molecular weight is 410 g/mol. The Kier molecular flexibility index (Phi) is 7.03. The van der Waals surface area contributed by atoms with Crippen LogP contribution in [0.3, 0.4) is 0 Å². The third-order valence-electron chi connectivity index (χ3n) is 4.90. The number of carbonyl (C=O) groups excluding carboxylic acids is 3. The van der Waals surface area contributed by atoms with Crippen LogP contribution in [0.25, 0.3) is 0 Å². The maximum Gasteiger partial charge on any atom is 0.257 e. The Balaban J connectivity index is 1.82. The summed E-state index contributed by atoms with van der Waals surface area (Å²) in [5, 5.41) is 11.6. The molecule has 4 N–H and O–H groups in total. The quantitative estimate of drug-likeness (QED) is 0.586. The molecular weight excluding hydrogens is 384 g/mol. The SMILES string of the molecule is COc1ccc(NC(=O)c2ccc(NC(C)=O)cc2NC(=O)C2CCNCC2)cc1. The summed E-state index contributed by atoms with van der Waals surface area (Å²) in [5.41, 5.74) is 1.77. The third-order valence-corrected chi connectivity index (χ3v) is 4.90. The van der Waals surface area contributed by atoms with Gasteiger partial charge in [-0.2, -0.15) is 0 Å². The lowest BCUT2D eigenvalue weighted by molar-refractivity contribution is -0.120. The van der Waals surface area contributed by atoms with E-state index >= 15 is 0 Å². The molecule has 0 unspecified atom stereocenters. The maximum absolute atomic E-state index is 12.9. The lowest BCUT2D eigenvalue weighted by atomic mass is 9.97. The number of ether oxygens (including phenoxy) is 1. The number of piperidine rings is 1. The molecule has 2 aromatic carbocycles. The largest absolute Gasteiger partial charge is 0.497 e. The van der Waals surface area contributed by atoms with Gasteiger partial charge >= 0.3 is 0 Å². The molecule has 8 nitrogen and oxygen atoms in total. The minimum absolute atomic E-state index is 0.117. The molecule has 0 atom stereocenters. The number of rotatable bonds is 6. The molecule has 8 heteroatoms. The number of methoxy groups -OCH3 is 1. The Labute approximate surface area is 175 Å². The van der Waals surface area contributed by atoms with Crippen LogP contribution < -0.4 is 26.0 Å². The Morgan fingerprint density at radius 2 is 1.60 bits per heavy atom. The van der Waals surface area contributed by atoms with Crippen molar-refractivity contribution in [3.63, 3.8) is 0 Å². The highest BCUT2D eigenvalue weighted by atomic mass is 16.5. The normalized spacial score (nSPS) is 13.9. The molecule has 30 heavy (non-hydrogen) atoms. The molecule has 0 saturated carbocycles. The van der Waals surface area contributed by atoms with Crippen molar-refractivity contribution in [3.05, 3.63) is 48.0 Å². The Hall–Kier alpha value is -3.39. The third kappa shape index (κ3) is 5.57. The van der Waals surface area contributed by atoms with Gasteiger partial charge in [-0.15, -0.1) is 0 Å². The van der Waals surface area contributed by atoms with Crippen molar-refractivity contribution in [1.82, 2.24) is 5.32 Å². The molecule has 0 aromatic heterocycles. The lowest BCUT2D eigenvalue weighted by Gasteiger charge is -2.22. The predicted octanol–water partition coefficient (Wildman–Crippen LogP) is 2.84. The first-order chi connectivity index (χ1) is 14.5. The van der Waals surface area contributed by atoms with Gasteiger partial charge in [-0.25, -0.2) is 0 Å². The van der Waals surface area contributed by atoms with Crippen molar-refractivity contribution in [2.45, 2.75) is 19.8 Å². The second-order valence-corrected chi connectivity index (χ2v) is 7.14. The highest BCUT2D eigenvalue weighted by Gasteiger charge is 2.23. The van der Waals surface area contributed by atoms with Crippen LogP contribution in [-0.4, -0.2) is 37.9 Å². The number of nitrogens with one attached hydrogen (secondary N) is 4. The van der Waals surface area contributed by atoms with Crippen molar-refractivity contribution in [2.24, 2.45) is 5.92 Å². The molecule has 1 aliphatic heterocycles. The van der Waals surface area contributed by atoms with Crippen LogP contribution in [0.1, 0.15) is 30.1 Å². The molecule has 3 rings (SSSR count). The Morgan fingerprint density at radius 3 is 2.23 bits per heavy atom. The second kappa shape index (κ2) is 9.89. The standard InChI is InChI=1S/C22H26N4O4/c1-14(27)24-17-5-8-19(22(29)25-16-3-6-18(30-2)7-4-16)20(13-17)26-21(28)15-9-11-23-12-10-15/h3-8,13,15,23H,9-12H2,1-2H3,(H,24,27)(H,25,29)(H,26,28). The van der Waals surface area contributed by atoms with Crippen molar-refractivity contribution < 1.29 is 19.1 Å². The molecule has 3 amide bonds. The molecule has 2 aromatic rings. The molecule has 1 fully saturated rings. The predicted molar refractivity (Wildman–Crippen MR) is 116 cm³/mol. The number of anilines is 3. The summed E-state index contributed by atoms with van der Waals surface area (Å²) in [6.07, 6.45) is 1.48. The van der Waals surface area contributed by atoms with Gasteiger partial charge in [0, 0.05) is 24.2 Å². The molecule has 1 saturated heterocycles. The fourth-order valence-electron chi connectivity index (χ4n) is 3.32. The molecular formula is C22H26N4O4. The zero-order chi connectivity index (χ0) is 21.5. The van der Waals surface area contributed by atoms with E-state index in [1.165, 1.54) is 6.92 Å². The summed E-state index contributed by atoms with van der Waals surface area (Å²) in [7, 11) is 1.57. The molecule has 0 spiro atoms. The van der Waals surface area contributed by atoms with Crippen LogP contribution in [0.2, 0.25) is 0 Å². The first-order valence-corrected chi connectivity index (χ1v) is 9.85. The van der Waals surface area contributed by atoms with Gasteiger partial charge in [0.25, 0.3) is 5.91 Å². The smallest absolute Gasteiger partial charge is 0.257 e. The summed E-state index contributed by atoms with van der Waals surface area (Å²) in [6.45, 7) is 2.97. The van der Waals surface area contributed by atoms with Gasteiger partial charge in [-0.05, 0) is 68.4 Å². The minimum Gasteiger partial charge on any atom is -0.497 e. The molecule has 1 heterocycles. The summed E-state index contributed by atoms with van der Waals surface area (Å²) in [6, 6.07) is 11.8. The molecule has 158 valence electrons. The van der Waals surface area contributed by atoms with Crippen LogP contribution >= 0.6 is 0 Å². The highest BCUT2D eigenvalue weighted by molar-refractivity contribution is 6.11. The van der Waals surface area contributed by atoms with E-state index in [-0.39, 0.29) is 23.6 Å². The number of benzene rings is 2. The van der Waals surface area contributed by atoms with E-state index in [2.05, 4.69) is 21.3 Å². The van der Waals surface area contributed by atoms with Crippen LogP contribution in [0, 0.1) is 5.92 Å². The Bertz CT molecular complexity index is 921. The van der Waals surface area contributed by atoms with Gasteiger partial charge < -0.3 is 26.0 Å². The van der Waals surface area contributed by atoms with E-state index in [0.717, 1.165) is 25.9 Å². The monoisotopic (exact) mass is 410 g/mol. The zero-order valence-electron chi connectivity index (χ0n) is 17.1. The zero-order valence-corrected chi connectivity index (χ0v) is 17.1. The van der Waals surface area contributed by atoms with Crippen molar-refractivity contribution >= 4 is 34.8 Å². The van der Waals surface area contributed by atoms with Gasteiger partial charge in [0.1, 0.15) is 5.75 Å². The lowest BCUT2D eigenvalue weighted by Crippen LogP contribution is -2.35. The van der Waals surface area contributed by atoms with Crippen LogP contribution in [0.5, 0.6) is 5.75 Å². The van der Waals surface area contributed by atoms with Crippen LogP contribution in [0.15, 0.2) is 42.5 Å². The number of carbonyl (C=O) groups is 3. The molecule has 0 bridgehead atoms. The number of hydrogen-bond acceptors (Lipinski definition) is 5. The topological polar surface area (TPSA) is 109 Å². The second-order valence-electron chi connectivity index (χ2n) is 7.14. The number of amides is 3. The minimum atomic E-state index is -0.366. The van der Waals surface area contributed by atoms with Crippen LogP contribution in [0.4, 0.5) is 17.1 Å². The van der Waals surface area contributed by atoms with Gasteiger partial charge in [-0.1, -0.05) is 0 Å². The summed E-state index contributed by atoms with van der Waals surface area (Å²) in [5.74, 6) is -0.165. The highest BCUT2D eigenvalue weighted by Crippen LogP contribution is 2.25. The van der Waals surface area contributed by atoms with Gasteiger partial charge in [0.05, 0.1) is 18.4 Å². The fourth-order valence-corrected chi connectivity index (χ4v) is 3.32. The van der Waals surface area contributed by atoms with E-state index in [1.807, 2.05) is 0 Å². The first-order valence-electron chi connectivity index (χ1n) is 9.85. The van der Waals surface area contributed by atoms with Crippen LogP contribution in [-0.2, 0) is 9.59 Å². The van der Waals surface area contributed by atoms with E-state index < -0.39 is 0 Å². The summed E-state index contributed by atoms with van der Waals surface area (Å²) >= 11 is 0. The van der Waals surface area contributed by atoms with Gasteiger partial charge in [0.2, 0.25) is 11.8 Å². The Morgan fingerprint density at radius 1 is 0.933 bits per heavy atom. The fraction of sp³-hybridized carbons (Fsp3) is 0.318. The van der Waals surface area contributed by atoms with Crippen molar-refractivity contribution in [3.8, 4) is 5.75 Å². The van der Waals surface area contributed by atoms with Gasteiger partial charge in [0.15, 0.2) is 0 Å². The van der Waals surface area contributed by atoms with E-state index in [0.29, 0.717) is 28.4 Å². The maximum atomic E-state index is 12.9. The van der Waals surface area contributed by atoms with Gasteiger partial charge in [-0.3, -0.25) is 14.4 Å². The first kappa shape index (κ1) is 21.3. The van der Waals surface area contributed by atoms with E-state index in [1.54, 1.807) is 49.6 Å². The summed E-state index contributed by atoms with van der Waals surface area (Å²) in [4.78, 5) is 37.0. The number of hydrogen-bond donors (Lipinski definition) is 4. The van der Waals surface area contributed by atoms with Crippen molar-refractivity contribution in [2.75, 3.05) is 36.1 Å². The van der Waals surface area contributed by atoms with Crippen molar-refractivity contribution in [1.29, 1.82) is 0 Å². The van der Waals surface area contributed by atoms with E-state index in [9.17, 15) is 14.4 Å². The van der Waals surface area contributed by atoms with E-state index in [4.69, 9.17) is 4.74 Å². The molecule has 0 radical (unpaired) electrons. The summed E-state index contributed by atoms with van der Waals surface area (Å²) < 4.78 is 5.12. The molecule has 1 aliphatic rings.